The zero-order valence-electron chi connectivity index (χ0n) is 27.6. The van der Waals surface area contributed by atoms with Crippen LogP contribution in [0.3, 0.4) is 0 Å². The molecule has 0 nitrogen and oxygen atoms in total. The molecule has 7 aromatic rings. The Morgan fingerprint density at radius 3 is 1.27 bits per heavy atom. The fourth-order valence-electron chi connectivity index (χ4n) is 7.08. The first-order valence-corrected chi connectivity index (χ1v) is 17.4. The van der Waals surface area contributed by atoms with Gasteiger partial charge in [0.15, 0.2) is 0 Å². The first kappa shape index (κ1) is 34.3. The van der Waals surface area contributed by atoms with E-state index in [1.807, 2.05) is 0 Å². The van der Waals surface area contributed by atoms with Crippen LogP contribution in [0.2, 0.25) is 6.55 Å². The summed E-state index contributed by atoms with van der Waals surface area (Å²) >= 11 is 0. The third kappa shape index (κ3) is 6.15. The normalized spacial score (nSPS) is 11.1. The number of hydrogen-bond acceptors (Lipinski definition) is 0. The molecule has 0 amide bonds. The second-order valence-corrected chi connectivity index (χ2v) is 16.3. The standard InChI is InChI=1S/C41H36Si.2CH3.Hf/c1-27-17-28(2)20-33(19-27)38-15-9-11-31-23-36(25-40(31)38)42(5,35-13-7-6-8-14-35)37-24-32-12-10-16-39(41(32)26-37)34-21-29(3)18-30(4)22-34;;;/h6-26H,1-5H3;2*1H3;/q-2;2*-1;+4. The van der Waals surface area contributed by atoms with Gasteiger partial charge in [-0.1, -0.05) is 124 Å². The maximum Gasteiger partial charge on any atom is 4.00 e. The largest absolute Gasteiger partial charge is 4.00 e. The Morgan fingerprint density at radius 1 is 0.467 bits per heavy atom. The number of aryl methyl sites for hydroxylation is 4. The minimum absolute atomic E-state index is 0. The Labute approximate surface area is 290 Å². The predicted molar refractivity (Wildman–Crippen MR) is 199 cm³/mol. The van der Waals surface area contributed by atoms with Crippen molar-refractivity contribution in [1.82, 2.24) is 0 Å². The van der Waals surface area contributed by atoms with Gasteiger partial charge in [-0.2, -0.15) is 12.1 Å². The van der Waals surface area contributed by atoms with Gasteiger partial charge in [0.1, 0.15) is 8.07 Å². The maximum atomic E-state index is 2.54. The van der Waals surface area contributed by atoms with Gasteiger partial charge in [0.25, 0.3) is 0 Å². The molecule has 0 fully saturated rings. The van der Waals surface area contributed by atoms with E-state index >= 15 is 0 Å². The van der Waals surface area contributed by atoms with Crippen LogP contribution in [0.15, 0.2) is 127 Å². The van der Waals surface area contributed by atoms with Gasteiger partial charge in [0, 0.05) is 0 Å². The summed E-state index contributed by atoms with van der Waals surface area (Å²) in [6.07, 6.45) is 0. The fraction of sp³-hybridized carbons (Fsp3) is 0.116. The summed E-state index contributed by atoms with van der Waals surface area (Å²) in [6.45, 7) is 11.3. The molecule has 0 saturated carbocycles. The first-order valence-electron chi connectivity index (χ1n) is 14.9. The van der Waals surface area contributed by atoms with Crippen molar-refractivity contribution in [2.24, 2.45) is 0 Å². The van der Waals surface area contributed by atoms with E-state index < -0.39 is 8.07 Å². The van der Waals surface area contributed by atoms with E-state index in [0.717, 1.165) is 0 Å². The zero-order chi connectivity index (χ0) is 29.0. The monoisotopic (exact) mass is 766 g/mol. The molecule has 0 heterocycles. The molecule has 222 valence electrons. The van der Waals surface area contributed by atoms with Crippen LogP contribution in [0.4, 0.5) is 0 Å². The number of hydrogen-bond donors (Lipinski definition) is 0. The topological polar surface area (TPSA) is 0 Å². The van der Waals surface area contributed by atoms with Gasteiger partial charge in [0.2, 0.25) is 0 Å². The van der Waals surface area contributed by atoms with Crippen molar-refractivity contribution in [3.63, 3.8) is 0 Å². The van der Waals surface area contributed by atoms with Gasteiger partial charge < -0.3 is 14.9 Å². The molecule has 0 saturated heterocycles. The zero-order valence-corrected chi connectivity index (χ0v) is 32.2. The average molecular weight is 765 g/mol. The molecule has 0 radical (unpaired) electrons. The molecule has 0 spiro atoms. The van der Waals surface area contributed by atoms with Gasteiger partial charge in [-0.05, 0) is 38.8 Å². The second kappa shape index (κ2) is 13.4. The molecule has 7 rings (SSSR count). The van der Waals surface area contributed by atoms with E-state index in [0.29, 0.717) is 0 Å². The van der Waals surface area contributed by atoms with Crippen LogP contribution in [-0.4, -0.2) is 8.07 Å². The van der Waals surface area contributed by atoms with Gasteiger partial charge in [-0.25, -0.2) is 0 Å². The van der Waals surface area contributed by atoms with Crippen molar-refractivity contribution in [1.29, 1.82) is 0 Å². The van der Waals surface area contributed by atoms with Crippen LogP contribution >= 0.6 is 0 Å². The molecule has 7 aromatic carbocycles. The molecular weight excluding hydrogens is 723 g/mol. The van der Waals surface area contributed by atoms with Crippen molar-refractivity contribution in [3.05, 3.63) is 165 Å². The predicted octanol–water partition coefficient (Wildman–Crippen LogP) is 10.00. The van der Waals surface area contributed by atoms with E-state index in [1.165, 1.54) is 81.6 Å². The summed E-state index contributed by atoms with van der Waals surface area (Å²) in [5.74, 6) is 0. The third-order valence-electron chi connectivity index (χ3n) is 9.07. The van der Waals surface area contributed by atoms with E-state index in [-0.39, 0.29) is 40.7 Å². The molecule has 0 aromatic heterocycles. The number of rotatable bonds is 5. The number of benzene rings is 5. The van der Waals surface area contributed by atoms with Crippen molar-refractivity contribution in [2.45, 2.75) is 34.2 Å². The molecule has 0 aliphatic heterocycles. The molecule has 0 atom stereocenters. The third-order valence-corrected chi connectivity index (χ3v) is 13.4. The second-order valence-electron chi connectivity index (χ2n) is 12.3. The average Bonchev–Trinajstić information content (AvgIpc) is 3.61. The van der Waals surface area contributed by atoms with Crippen molar-refractivity contribution in [3.8, 4) is 22.3 Å². The smallest absolute Gasteiger partial charge is 0.358 e. The molecule has 0 bridgehead atoms. The van der Waals surface area contributed by atoms with E-state index in [9.17, 15) is 0 Å². The summed E-state index contributed by atoms with van der Waals surface area (Å²) in [6, 6.07) is 48.5. The first-order chi connectivity index (χ1) is 20.3. The summed E-state index contributed by atoms with van der Waals surface area (Å²) in [5, 5.41) is 9.70. The Bertz CT molecular complexity index is 1920. The number of fused-ring (bicyclic) bond motifs is 2. The Morgan fingerprint density at radius 2 is 0.867 bits per heavy atom. The quantitative estimate of drug-likeness (QED) is 0.121. The molecule has 2 heteroatoms. The Hall–Kier alpha value is -3.59. The molecule has 0 unspecified atom stereocenters. The van der Waals surface area contributed by atoms with E-state index in [2.05, 4.69) is 162 Å². The van der Waals surface area contributed by atoms with Gasteiger partial charge in [-0.15, -0.1) is 68.3 Å². The summed E-state index contributed by atoms with van der Waals surface area (Å²) in [7, 11) is -2.34. The SMILES string of the molecule is Cc1cc(C)cc(-c2cccc3[cH-]c([Si](C)(c4ccccc4)c4cc5c(-c6cc(C)cc(C)c6)cccc5[cH-]4)cc23)c1.[CH3-].[CH3-].[Hf+4]. The van der Waals surface area contributed by atoms with Crippen LogP contribution in [0.25, 0.3) is 43.8 Å². The van der Waals surface area contributed by atoms with Gasteiger partial charge >= 0.3 is 25.8 Å². The minimum Gasteiger partial charge on any atom is -0.358 e. The Balaban J connectivity index is 0.00000154. The van der Waals surface area contributed by atoms with Crippen LogP contribution in [-0.2, 0) is 25.8 Å². The summed E-state index contributed by atoms with van der Waals surface area (Å²) in [5.41, 5.74) is 10.5. The van der Waals surface area contributed by atoms with Crippen LogP contribution in [0.5, 0.6) is 0 Å². The summed E-state index contributed by atoms with van der Waals surface area (Å²) in [4.78, 5) is 0. The molecule has 0 aliphatic rings. The van der Waals surface area contributed by atoms with Crippen LogP contribution < -0.4 is 15.6 Å². The van der Waals surface area contributed by atoms with Gasteiger partial charge in [0.05, 0.1) is 0 Å². The molecular formula is C43H42HfSi. The van der Waals surface area contributed by atoms with Crippen molar-refractivity contribution in [2.75, 3.05) is 0 Å². The van der Waals surface area contributed by atoms with Crippen LogP contribution in [0, 0.1) is 42.5 Å². The maximum absolute atomic E-state index is 2.54. The van der Waals surface area contributed by atoms with Crippen molar-refractivity contribution < 1.29 is 25.8 Å². The molecule has 0 aliphatic carbocycles. The Kier molecular flexibility index (Phi) is 10.2. The van der Waals surface area contributed by atoms with E-state index in [1.54, 1.807) is 0 Å². The van der Waals surface area contributed by atoms with Crippen LogP contribution in [0.1, 0.15) is 22.3 Å². The van der Waals surface area contributed by atoms with Gasteiger partial charge in [-0.3, -0.25) is 0 Å². The summed E-state index contributed by atoms with van der Waals surface area (Å²) < 4.78 is 0. The molecule has 45 heavy (non-hydrogen) atoms. The van der Waals surface area contributed by atoms with E-state index in [4.69, 9.17) is 0 Å². The fourth-order valence-corrected chi connectivity index (χ4v) is 10.7. The molecule has 0 N–H and O–H groups in total. The van der Waals surface area contributed by atoms with Crippen molar-refractivity contribution >= 4 is 45.2 Å². The minimum atomic E-state index is -2.34.